The molecule has 1 amide bonds. The molecule has 0 spiro atoms. The van der Waals surface area contributed by atoms with Crippen molar-refractivity contribution in [2.45, 2.75) is 60.0 Å². The van der Waals surface area contributed by atoms with Crippen molar-refractivity contribution in [3.63, 3.8) is 0 Å². The molecule has 0 aliphatic carbocycles. The van der Waals surface area contributed by atoms with Gasteiger partial charge in [0.2, 0.25) is 0 Å². The van der Waals surface area contributed by atoms with Crippen molar-refractivity contribution in [3.8, 4) is 0 Å². The zero-order valence-electron chi connectivity index (χ0n) is 16.6. The topological polar surface area (TPSA) is 87.6 Å². The van der Waals surface area contributed by atoms with E-state index in [4.69, 9.17) is 4.74 Å². The Kier molecular flexibility index (Phi) is 10.7. The van der Waals surface area contributed by atoms with Crippen LogP contribution < -0.4 is 16.0 Å². The highest BCUT2D eigenvalue weighted by molar-refractivity contribution is 7.11. The lowest BCUT2D eigenvalue weighted by Gasteiger charge is -2.22. The predicted molar refractivity (Wildman–Crippen MR) is 108 cm³/mol. The van der Waals surface area contributed by atoms with E-state index in [2.05, 4.69) is 46.7 Å². The highest BCUT2D eigenvalue weighted by Crippen LogP contribution is 2.14. The zero-order valence-corrected chi connectivity index (χ0v) is 17.4. The largest absolute Gasteiger partial charge is 0.450 e. The fraction of sp³-hybridized carbons (Fsp3) is 0.722. The molecule has 3 N–H and O–H groups in total. The first kappa shape index (κ1) is 22.2. The van der Waals surface area contributed by atoms with Gasteiger partial charge in [-0.05, 0) is 32.6 Å². The number of carbonyl (C=O) groups excluding carboxylic acids is 1. The first-order valence-corrected chi connectivity index (χ1v) is 10.2. The normalized spacial score (nSPS) is 12.8. The predicted octanol–water partition coefficient (Wildman–Crippen LogP) is 2.92. The van der Waals surface area contributed by atoms with Gasteiger partial charge in [0.25, 0.3) is 0 Å². The summed E-state index contributed by atoms with van der Waals surface area (Å²) in [5, 5.41) is 10.5. The molecule has 26 heavy (non-hydrogen) atoms. The van der Waals surface area contributed by atoms with Crippen molar-refractivity contribution in [1.29, 1.82) is 0 Å². The van der Waals surface area contributed by atoms with Gasteiger partial charge in [0.05, 0.1) is 13.2 Å². The van der Waals surface area contributed by atoms with Crippen LogP contribution in [0.5, 0.6) is 0 Å². The molecule has 0 aromatic carbocycles. The van der Waals surface area contributed by atoms with Gasteiger partial charge in [0.1, 0.15) is 5.01 Å². The second-order valence-electron chi connectivity index (χ2n) is 6.34. The number of aryl methyl sites for hydroxylation is 1. The number of nitrogens with zero attached hydrogens (tertiary/aromatic N) is 2. The molecule has 1 aromatic rings. The van der Waals surface area contributed by atoms with E-state index in [0.29, 0.717) is 25.6 Å². The summed E-state index contributed by atoms with van der Waals surface area (Å²) in [6, 6.07) is -0.0236. The van der Waals surface area contributed by atoms with Crippen molar-refractivity contribution < 1.29 is 9.53 Å². The maximum absolute atomic E-state index is 11.7. The van der Waals surface area contributed by atoms with Gasteiger partial charge in [-0.15, -0.1) is 11.3 Å². The fourth-order valence-corrected chi connectivity index (χ4v) is 3.18. The van der Waals surface area contributed by atoms with Crippen LogP contribution in [-0.2, 0) is 17.7 Å². The molecule has 1 unspecified atom stereocenters. The van der Waals surface area contributed by atoms with Crippen LogP contribution in [0.4, 0.5) is 4.79 Å². The van der Waals surface area contributed by atoms with Crippen LogP contribution in [0, 0.1) is 5.92 Å². The van der Waals surface area contributed by atoms with Gasteiger partial charge in [0.15, 0.2) is 5.96 Å². The summed E-state index contributed by atoms with van der Waals surface area (Å²) in [4.78, 5) is 22.0. The lowest BCUT2D eigenvalue weighted by Crippen LogP contribution is -2.47. The second-order valence-corrected chi connectivity index (χ2v) is 7.54. The standard InChI is InChI=1S/C18H33N5O2S/c1-6-15-11-20-16(26-15)12-22-17(19-7-2)21-10-14(9-13(4)5)23-18(24)25-8-3/h11,13-14H,6-10,12H2,1-5H3,(H,23,24)(H2,19,21,22). The molecule has 0 saturated carbocycles. The van der Waals surface area contributed by atoms with E-state index < -0.39 is 0 Å². The number of rotatable bonds is 10. The summed E-state index contributed by atoms with van der Waals surface area (Å²) in [6.45, 7) is 12.5. The van der Waals surface area contributed by atoms with Crippen molar-refractivity contribution in [2.75, 3.05) is 19.7 Å². The Morgan fingerprint density at radius 3 is 2.65 bits per heavy atom. The van der Waals surface area contributed by atoms with Crippen LogP contribution in [0.25, 0.3) is 0 Å². The van der Waals surface area contributed by atoms with Crippen molar-refractivity contribution in [2.24, 2.45) is 10.9 Å². The summed E-state index contributed by atoms with van der Waals surface area (Å²) in [6.07, 6.45) is 3.39. The van der Waals surface area contributed by atoms with Gasteiger partial charge < -0.3 is 20.7 Å². The molecule has 0 bridgehead atoms. The third-order valence-electron chi connectivity index (χ3n) is 3.54. The number of alkyl carbamates (subject to hydrolysis) is 1. The molecular weight excluding hydrogens is 350 g/mol. The van der Waals surface area contributed by atoms with E-state index in [1.165, 1.54) is 4.88 Å². The number of hydrogen-bond donors (Lipinski definition) is 3. The average molecular weight is 384 g/mol. The number of amides is 1. The first-order valence-electron chi connectivity index (χ1n) is 9.37. The number of aliphatic imine (C=N–C) groups is 1. The van der Waals surface area contributed by atoms with Crippen molar-refractivity contribution in [1.82, 2.24) is 20.9 Å². The Morgan fingerprint density at radius 2 is 2.08 bits per heavy atom. The molecule has 0 aliphatic rings. The van der Waals surface area contributed by atoms with Crippen LogP contribution in [0.15, 0.2) is 11.2 Å². The van der Waals surface area contributed by atoms with Gasteiger partial charge in [-0.2, -0.15) is 0 Å². The molecule has 7 nitrogen and oxygen atoms in total. The van der Waals surface area contributed by atoms with Gasteiger partial charge in [-0.3, -0.25) is 0 Å². The van der Waals surface area contributed by atoms with E-state index >= 15 is 0 Å². The Bertz CT molecular complexity index is 560. The number of carbonyl (C=O) groups is 1. The van der Waals surface area contributed by atoms with Gasteiger partial charge in [-0.1, -0.05) is 20.8 Å². The summed E-state index contributed by atoms with van der Waals surface area (Å²) >= 11 is 1.69. The highest BCUT2D eigenvalue weighted by atomic mass is 32.1. The monoisotopic (exact) mass is 383 g/mol. The molecule has 148 valence electrons. The van der Waals surface area contributed by atoms with Crippen molar-refractivity contribution >= 4 is 23.4 Å². The molecular formula is C18H33N5O2S. The molecule has 0 aliphatic heterocycles. The molecule has 1 atom stereocenters. The number of thiazole rings is 1. The van der Waals surface area contributed by atoms with Gasteiger partial charge >= 0.3 is 6.09 Å². The number of guanidine groups is 1. The molecule has 1 aromatic heterocycles. The van der Waals surface area contributed by atoms with E-state index in [1.807, 2.05) is 13.1 Å². The van der Waals surface area contributed by atoms with Gasteiger partial charge in [0, 0.05) is 30.2 Å². The first-order chi connectivity index (χ1) is 12.5. The quantitative estimate of drug-likeness (QED) is 0.427. The molecule has 0 fully saturated rings. The van der Waals surface area contributed by atoms with Crippen LogP contribution in [0.1, 0.15) is 50.9 Å². The lowest BCUT2D eigenvalue weighted by molar-refractivity contribution is 0.146. The SMILES string of the molecule is CCNC(=NCc1ncc(CC)s1)NCC(CC(C)C)NC(=O)OCC. The van der Waals surface area contributed by atoms with Crippen LogP contribution in [0.3, 0.4) is 0 Å². The van der Waals surface area contributed by atoms with E-state index in [0.717, 1.165) is 30.4 Å². The van der Waals surface area contributed by atoms with Crippen LogP contribution in [-0.4, -0.2) is 42.8 Å². The summed E-state index contributed by atoms with van der Waals surface area (Å²) in [5.74, 6) is 1.19. The molecule has 0 saturated heterocycles. The number of hydrogen-bond acceptors (Lipinski definition) is 5. The van der Waals surface area contributed by atoms with Gasteiger partial charge in [-0.25, -0.2) is 14.8 Å². The maximum atomic E-state index is 11.7. The lowest BCUT2D eigenvalue weighted by atomic mass is 10.0. The average Bonchev–Trinajstić information content (AvgIpc) is 3.05. The summed E-state index contributed by atoms with van der Waals surface area (Å²) in [5.41, 5.74) is 0. The molecule has 0 radical (unpaired) electrons. The fourth-order valence-electron chi connectivity index (χ4n) is 2.39. The highest BCUT2D eigenvalue weighted by Gasteiger charge is 2.15. The second kappa shape index (κ2) is 12.5. The van der Waals surface area contributed by atoms with E-state index in [9.17, 15) is 4.79 Å². The molecule has 1 heterocycles. The third-order valence-corrected chi connectivity index (χ3v) is 4.66. The number of nitrogens with one attached hydrogen (secondary N) is 3. The van der Waals surface area contributed by atoms with Crippen LogP contribution in [0.2, 0.25) is 0 Å². The van der Waals surface area contributed by atoms with Crippen molar-refractivity contribution in [3.05, 3.63) is 16.1 Å². The minimum atomic E-state index is -0.378. The Labute approximate surface area is 161 Å². The summed E-state index contributed by atoms with van der Waals surface area (Å²) < 4.78 is 5.00. The molecule has 8 heteroatoms. The maximum Gasteiger partial charge on any atom is 0.407 e. The Balaban J connectivity index is 2.63. The summed E-state index contributed by atoms with van der Waals surface area (Å²) in [7, 11) is 0. The number of ether oxygens (including phenoxy) is 1. The minimum Gasteiger partial charge on any atom is -0.450 e. The smallest absolute Gasteiger partial charge is 0.407 e. The Morgan fingerprint density at radius 1 is 1.31 bits per heavy atom. The van der Waals surface area contributed by atoms with E-state index in [1.54, 1.807) is 18.3 Å². The van der Waals surface area contributed by atoms with E-state index in [-0.39, 0.29) is 12.1 Å². The third kappa shape index (κ3) is 9.03. The minimum absolute atomic E-state index is 0.0236. The zero-order chi connectivity index (χ0) is 19.4. The van der Waals surface area contributed by atoms with Crippen LogP contribution >= 0.6 is 11.3 Å². The Hall–Kier alpha value is -1.83. The number of aromatic nitrogens is 1. The molecule has 1 rings (SSSR count).